The van der Waals surface area contributed by atoms with E-state index in [1.807, 2.05) is 0 Å². The molecule has 0 atom stereocenters. The molecule has 2 aromatic rings. The van der Waals surface area contributed by atoms with Crippen LogP contribution in [0.4, 0.5) is 5.82 Å². The van der Waals surface area contributed by atoms with Crippen LogP contribution in [0.15, 0.2) is 34.9 Å². The molecule has 0 fully saturated rings. The molecule has 0 aliphatic carbocycles. The minimum absolute atomic E-state index is 0.0711. The summed E-state index contributed by atoms with van der Waals surface area (Å²) >= 11 is 0. The predicted octanol–water partition coefficient (Wildman–Crippen LogP) is 1.32. The van der Waals surface area contributed by atoms with Gasteiger partial charge < -0.3 is 19.8 Å². The number of carbonyl (C=O) groups excluding carboxylic acids is 2. The lowest BCUT2D eigenvalue weighted by Crippen LogP contribution is -2.36. The fourth-order valence-corrected chi connectivity index (χ4v) is 2.09. The van der Waals surface area contributed by atoms with Crippen LogP contribution in [-0.2, 0) is 16.0 Å². The lowest BCUT2D eigenvalue weighted by Gasteiger charge is -2.17. The predicted molar refractivity (Wildman–Crippen MR) is 84.6 cm³/mol. The average molecular weight is 331 g/mol. The zero-order valence-electron chi connectivity index (χ0n) is 13.3. The van der Waals surface area contributed by atoms with Gasteiger partial charge in [-0.1, -0.05) is 23.4 Å². The molecule has 0 bridgehead atoms. The van der Waals surface area contributed by atoms with Crippen LogP contribution in [0.2, 0.25) is 0 Å². The van der Waals surface area contributed by atoms with E-state index in [0.717, 1.165) is 0 Å². The quantitative estimate of drug-likeness (QED) is 0.825. The molecule has 0 saturated carbocycles. The molecule has 8 nitrogen and oxygen atoms in total. The molecule has 2 amide bonds. The molecular formula is C16H17N3O5. The van der Waals surface area contributed by atoms with Crippen LogP contribution in [0.5, 0.6) is 0 Å². The molecule has 1 aromatic heterocycles. The number of hydrogen-bond acceptors (Lipinski definition) is 5. The van der Waals surface area contributed by atoms with Crippen LogP contribution in [-0.4, -0.2) is 46.5 Å². The highest BCUT2D eigenvalue weighted by Crippen LogP contribution is 2.11. The molecule has 0 radical (unpaired) electrons. The van der Waals surface area contributed by atoms with Crippen LogP contribution in [0.1, 0.15) is 21.7 Å². The monoisotopic (exact) mass is 331 g/mol. The molecule has 8 heteroatoms. The van der Waals surface area contributed by atoms with Gasteiger partial charge in [-0.05, 0) is 18.6 Å². The van der Waals surface area contributed by atoms with Gasteiger partial charge in [-0.2, -0.15) is 0 Å². The Morgan fingerprint density at radius 2 is 2.00 bits per heavy atom. The van der Waals surface area contributed by atoms with Crippen LogP contribution >= 0.6 is 0 Å². The second-order valence-electron chi connectivity index (χ2n) is 5.26. The van der Waals surface area contributed by atoms with Gasteiger partial charge in [0.25, 0.3) is 0 Å². The van der Waals surface area contributed by atoms with Crippen molar-refractivity contribution in [2.24, 2.45) is 0 Å². The summed E-state index contributed by atoms with van der Waals surface area (Å²) in [6.45, 7) is 1.51. The molecule has 2 N–H and O–H groups in total. The highest BCUT2D eigenvalue weighted by molar-refractivity contribution is 5.95. The zero-order chi connectivity index (χ0) is 17.7. The summed E-state index contributed by atoms with van der Waals surface area (Å²) in [6.07, 6.45) is -0.102. The first kappa shape index (κ1) is 17.2. The number of nitrogens with one attached hydrogen (secondary N) is 1. The van der Waals surface area contributed by atoms with Gasteiger partial charge in [-0.15, -0.1) is 0 Å². The highest BCUT2D eigenvalue weighted by Gasteiger charge is 2.17. The Morgan fingerprint density at radius 3 is 2.62 bits per heavy atom. The van der Waals surface area contributed by atoms with Crippen molar-refractivity contribution < 1.29 is 24.0 Å². The van der Waals surface area contributed by atoms with E-state index in [4.69, 9.17) is 9.63 Å². The Balaban J connectivity index is 1.95. The average Bonchev–Trinajstić information content (AvgIpc) is 2.92. The number of nitrogens with zero attached hydrogens (tertiary/aromatic N) is 2. The Labute approximate surface area is 138 Å². The second-order valence-corrected chi connectivity index (χ2v) is 5.26. The number of amides is 2. The Kier molecular flexibility index (Phi) is 5.31. The standard InChI is InChI=1S/C16H17N3O5/c1-10-7-13(18-24-10)17-14(20)9-19(2)15(21)8-11-5-3-4-6-12(11)16(22)23/h3-7H,8-9H2,1-2H3,(H,22,23)(H,17,18,20). The van der Waals surface area contributed by atoms with Crippen molar-refractivity contribution in [1.29, 1.82) is 0 Å². The van der Waals surface area contributed by atoms with Crippen LogP contribution in [0.3, 0.4) is 0 Å². The number of anilines is 1. The first-order valence-electron chi connectivity index (χ1n) is 7.15. The summed E-state index contributed by atoms with van der Waals surface area (Å²) < 4.78 is 4.83. The van der Waals surface area contributed by atoms with E-state index in [1.54, 1.807) is 31.2 Å². The van der Waals surface area contributed by atoms with Gasteiger partial charge in [0.2, 0.25) is 11.8 Å². The van der Waals surface area contributed by atoms with E-state index in [9.17, 15) is 14.4 Å². The van der Waals surface area contributed by atoms with Gasteiger partial charge >= 0.3 is 5.97 Å². The molecule has 126 valence electrons. The lowest BCUT2D eigenvalue weighted by molar-refractivity contribution is -0.132. The molecule has 0 aliphatic rings. The molecule has 24 heavy (non-hydrogen) atoms. The summed E-state index contributed by atoms with van der Waals surface area (Å²) in [5.41, 5.74) is 0.469. The number of aromatic nitrogens is 1. The van der Waals surface area contributed by atoms with Gasteiger partial charge in [-0.25, -0.2) is 4.79 Å². The second kappa shape index (κ2) is 7.40. The number of benzene rings is 1. The summed E-state index contributed by atoms with van der Waals surface area (Å²) in [6, 6.07) is 7.82. The van der Waals surface area contributed by atoms with Crippen LogP contribution < -0.4 is 5.32 Å². The van der Waals surface area contributed by atoms with Crippen molar-refractivity contribution in [3.8, 4) is 0 Å². The van der Waals surface area contributed by atoms with Gasteiger partial charge in [-0.3, -0.25) is 9.59 Å². The SMILES string of the molecule is Cc1cc(NC(=O)CN(C)C(=O)Cc2ccccc2C(=O)O)no1. The molecule has 1 aromatic carbocycles. The number of carboxylic acid groups (broad SMARTS) is 1. The van der Waals surface area contributed by atoms with E-state index >= 15 is 0 Å². The Bertz CT molecular complexity index is 769. The van der Waals surface area contributed by atoms with Crippen molar-refractivity contribution in [3.63, 3.8) is 0 Å². The first-order valence-corrected chi connectivity index (χ1v) is 7.15. The maximum Gasteiger partial charge on any atom is 0.335 e. The molecule has 2 rings (SSSR count). The van der Waals surface area contributed by atoms with E-state index in [0.29, 0.717) is 11.3 Å². The number of hydrogen-bond donors (Lipinski definition) is 2. The van der Waals surface area contributed by atoms with Crippen LogP contribution in [0, 0.1) is 6.92 Å². The van der Waals surface area contributed by atoms with Crippen molar-refractivity contribution >= 4 is 23.6 Å². The summed E-state index contributed by atoms with van der Waals surface area (Å²) in [5.74, 6) is -1.06. The first-order chi connectivity index (χ1) is 11.4. The van der Waals surface area contributed by atoms with Gasteiger partial charge in [0.15, 0.2) is 5.82 Å². The van der Waals surface area contributed by atoms with E-state index in [2.05, 4.69) is 10.5 Å². The molecule has 0 aliphatic heterocycles. The number of carbonyl (C=O) groups is 3. The van der Waals surface area contributed by atoms with Crippen molar-refractivity contribution in [2.45, 2.75) is 13.3 Å². The maximum atomic E-state index is 12.2. The van der Waals surface area contributed by atoms with Crippen LogP contribution in [0.25, 0.3) is 0 Å². The van der Waals surface area contributed by atoms with Gasteiger partial charge in [0, 0.05) is 13.1 Å². The lowest BCUT2D eigenvalue weighted by atomic mass is 10.0. The minimum atomic E-state index is -1.10. The fourth-order valence-electron chi connectivity index (χ4n) is 2.09. The van der Waals surface area contributed by atoms with Crippen molar-refractivity contribution in [1.82, 2.24) is 10.1 Å². The number of likely N-dealkylation sites (N-methyl/N-ethyl adjacent to an activating group) is 1. The Morgan fingerprint density at radius 1 is 1.29 bits per heavy atom. The summed E-state index contributed by atoms with van der Waals surface area (Å²) in [5, 5.41) is 15.3. The topological polar surface area (TPSA) is 113 Å². The van der Waals surface area contributed by atoms with E-state index in [-0.39, 0.29) is 30.3 Å². The molecule has 0 spiro atoms. The number of aromatic carboxylic acids is 1. The number of carboxylic acids is 1. The Hall–Kier alpha value is -3.16. The highest BCUT2D eigenvalue weighted by atomic mass is 16.5. The van der Waals surface area contributed by atoms with Crippen molar-refractivity contribution in [3.05, 3.63) is 47.2 Å². The zero-order valence-corrected chi connectivity index (χ0v) is 13.3. The normalized spacial score (nSPS) is 10.2. The smallest absolute Gasteiger partial charge is 0.335 e. The minimum Gasteiger partial charge on any atom is -0.478 e. The van der Waals surface area contributed by atoms with E-state index < -0.39 is 11.9 Å². The molecular weight excluding hydrogens is 314 g/mol. The third kappa shape index (κ3) is 4.42. The maximum absolute atomic E-state index is 12.2. The third-order valence-electron chi connectivity index (χ3n) is 3.29. The number of rotatable bonds is 6. The molecule has 0 unspecified atom stereocenters. The molecule has 0 saturated heterocycles. The molecule has 1 heterocycles. The number of aryl methyl sites for hydroxylation is 1. The van der Waals surface area contributed by atoms with Gasteiger partial charge in [0.05, 0.1) is 18.5 Å². The summed E-state index contributed by atoms with van der Waals surface area (Å²) in [7, 11) is 1.47. The fraction of sp³-hybridized carbons (Fsp3) is 0.250. The summed E-state index contributed by atoms with van der Waals surface area (Å²) in [4.78, 5) is 36.5. The van der Waals surface area contributed by atoms with Crippen molar-refractivity contribution in [2.75, 3.05) is 18.9 Å². The largest absolute Gasteiger partial charge is 0.478 e. The van der Waals surface area contributed by atoms with E-state index in [1.165, 1.54) is 18.0 Å². The van der Waals surface area contributed by atoms with Gasteiger partial charge in [0.1, 0.15) is 5.76 Å². The third-order valence-corrected chi connectivity index (χ3v) is 3.29.